The number of para-hydroxylation sites is 1. The van der Waals surface area contributed by atoms with Crippen molar-refractivity contribution in [3.8, 4) is 5.75 Å². The lowest BCUT2D eigenvalue weighted by molar-refractivity contribution is 0.341. The molecule has 0 aliphatic carbocycles. The lowest BCUT2D eigenvalue weighted by Crippen LogP contribution is -1.80. The normalized spacial score (nSPS) is 11.1. The summed E-state index contributed by atoms with van der Waals surface area (Å²) in [5.74, 6) is 0.208. The molecule has 80 valence electrons. The molecule has 0 bridgehead atoms. The molecule has 0 unspecified atom stereocenters. The number of hydrogen-bond donors (Lipinski definition) is 1. The molecule has 1 N–H and O–H groups in total. The van der Waals surface area contributed by atoms with Gasteiger partial charge in [-0.1, -0.05) is 18.2 Å². The van der Waals surface area contributed by atoms with Crippen molar-refractivity contribution < 1.29 is 14.6 Å². The number of phenols is 1. The van der Waals surface area contributed by atoms with E-state index in [9.17, 15) is 5.11 Å². The van der Waals surface area contributed by atoms with E-state index in [2.05, 4.69) is 0 Å². The van der Waals surface area contributed by atoms with Gasteiger partial charge in [-0.25, -0.2) is 0 Å². The van der Waals surface area contributed by atoms with Crippen LogP contribution in [-0.4, -0.2) is 19.3 Å². The van der Waals surface area contributed by atoms with Gasteiger partial charge < -0.3 is 14.6 Å². The van der Waals surface area contributed by atoms with Crippen LogP contribution in [0, 0.1) is 0 Å². The number of ether oxygens (including phenoxy) is 2. The molecule has 0 saturated heterocycles. The molecule has 1 aromatic rings. The molecule has 0 fully saturated rings. The molecule has 3 heteroatoms. The van der Waals surface area contributed by atoms with Crippen LogP contribution in [0.1, 0.15) is 11.1 Å². The maximum Gasteiger partial charge on any atom is 0.130 e. The van der Waals surface area contributed by atoms with E-state index >= 15 is 0 Å². The van der Waals surface area contributed by atoms with Crippen molar-refractivity contribution in [2.75, 3.05) is 14.2 Å². The molecular formula is C12H14O3. The fourth-order valence-electron chi connectivity index (χ4n) is 1.13. The van der Waals surface area contributed by atoms with E-state index in [0.29, 0.717) is 11.1 Å². The average Bonchev–Trinajstić information content (AvgIpc) is 2.26. The van der Waals surface area contributed by atoms with Gasteiger partial charge in [-0.2, -0.15) is 0 Å². The Morgan fingerprint density at radius 3 is 1.87 bits per heavy atom. The van der Waals surface area contributed by atoms with Crippen LogP contribution in [0.5, 0.6) is 5.75 Å². The lowest BCUT2D eigenvalue weighted by atomic mass is 10.1. The Morgan fingerprint density at radius 2 is 1.47 bits per heavy atom. The van der Waals surface area contributed by atoms with Gasteiger partial charge in [0.05, 0.1) is 26.7 Å². The van der Waals surface area contributed by atoms with Crippen molar-refractivity contribution >= 4 is 12.2 Å². The topological polar surface area (TPSA) is 38.7 Å². The highest BCUT2D eigenvalue weighted by Crippen LogP contribution is 2.24. The lowest BCUT2D eigenvalue weighted by Gasteiger charge is -2.02. The first-order valence-corrected chi connectivity index (χ1v) is 4.50. The monoisotopic (exact) mass is 206 g/mol. The Kier molecular flexibility index (Phi) is 4.29. The second-order valence-corrected chi connectivity index (χ2v) is 2.86. The minimum Gasteiger partial charge on any atom is -0.507 e. The summed E-state index contributed by atoms with van der Waals surface area (Å²) in [7, 11) is 3.12. The standard InChI is InChI=1S/C12H14O3/c1-14-8-6-10-4-3-5-11(12(10)13)7-9-15-2/h3-9,13H,1-2H3. The zero-order valence-electron chi connectivity index (χ0n) is 8.81. The molecule has 0 aromatic heterocycles. The van der Waals surface area contributed by atoms with Crippen molar-refractivity contribution in [3.05, 3.63) is 41.9 Å². The van der Waals surface area contributed by atoms with Crippen LogP contribution in [0.2, 0.25) is 0 Å². The molecule has 1 aromatic carbocycles. The fraction of sp³-hybridized carbons (Fsp3) is 0.167. The molecule has 0 atom stereocenters. The minimum absolute atomic E-state index is 0.208. The van der Waals surface area contributed by atoms with E-state index in [0.717, 1.165) is 0 Å². The number of aromatic hydroxyl groups is 1. The highest BCUT2D eigenvalue weighted by molar-refractivity contribution is 5.66. The van der Waals surface area contributed by atoms with Crippen molar-refractivity contribution in [2.24, 2.45) is 0 Å². The fourth-order valence-corrected chi connectivity index (χ4v) is 1.13. The Hall–Kier alpha value is -1.90. The third-order valence-corrected chi connectivity index (χ3v) is 1.87. The third kappa shape index (κ3) is 3.06. The van der Waals surface area contributed by atoms with E-state index in [1.54, 1.807) is 38.5 Å². The molecule has 1 rings (SSSR count). The van der Waals surface area contributed by atoms with Crippen LogP contribution in [0.4, 0.5) is 0 Å². The Balaban J connectivity index is 3.00. The minimum atomic E-state index is 0.208. The van der Waals surface area contributed by atoms with E-state index < -0.39 is 0 Å². The molecule has 0 radical (unpaired) electrons. The summed E-state index contributed by atoms with van der Waals surface area (Å²) in [5, 5.41) is 9.83. The summed E-state index contributed by atoms with van der Waals surface area (Å²) in [5.41, 5.74) is 1.41. The Labute approximate surface area is 89.3 Å². The van der Waals surface area contributed by atoms with Gasteiger partial charge >= 0.3 is 0 Å². The molecule has 0 aliphatic heterocycles. The first-order valence-electron chi connectivity index (χ1n) is 4.50. The predicted molar refractivity (Wildman–Crippen MR) is 60.2 cm³/mol. The van der Waals surface area contributed by atoms with E-state index in [1.807, 2.05) is 6.07 Å². The summed E-state index contributed by atoms with van der Waals surface area (Å²) in [6.45, 7) is 0. The highest BCUT2D eigenvalue weighted by Gasteiger charge is 2.01. The third-order valence-electron chi connectivity index (χ3n) is 1.87. The molecule has 0 amide bonds. The molecule has 0 aliphatic rings. The van der Waals surface area contributed by atoms with E-state index in [4.69, 9.17) is 9.47 Å². The summed E-state index contributed by atoms with van der Waals surface area (Å²) < 4.78 is 9.57. The second kappa shape index (κ2) is 5.75. The smallest absolute Gasteiger partial charge is 0.130 e. The first-order chi connectivity index (χ1) is 7.29. The van der Waals surface area contributed by atoms with Crippen LogP contribution in [-0.2, 0) is 9.47 Å². The summed E-state index contributed by atoms with van der Waals surface area (Å²) in [6.07, 6.45) is 6.41. The van der Waals surface area contributed by atoms with Crippen LogP contribution in [0.25, 0.3) is 12.2 Å². The second-order valence-electron chi connectivity index (χ2n) is 2.86. The van der Waals surface area contributed by atoms with Gasteiger partial charge in [0.25, 0.3) is 0 Å². The Morgan fingerprint density at radius 1 is 1.00 bits per heavy atom. The quantitative estimate of drug-likeness (QED) is 0.769. The number of benzene rings is 1. The highest BCUT2D eigenvalue weighted by atomic mass is 16.5. The molecule has 3 nitrogen and oxygen atoms in total. The van der Waals surface area contributed by atoms with Gasteiger partial charge in [-0.05, 0) is 12.2 Å². The largest absolute Gasteiger partial charge is 0.507 e. The molecule has 15 heavy (non-hydrogen) atoms. The number of hydrogen-bond acceptors (Lipinski definition) is 3. The molecular weight excluding hydrogens is 192 g/mol. The first kappa shape index (κ1) is 11.2. The van der Waals surface area contributed by atoms with Crippen molar-refractivity contribution in [1.29, 1.82) is 0 Å². The van der Waals surface area contributed by atoms with Crippen molar-refractivity contribution in [2.45, 2.75) is 0 Å². The van der Waals surface area contributed by atoms with E-state index in [1.165, 1.54) is 12.5 Å². The van der Waals surface area contributed by atoms with E-state index in [-0.39, 0.29) is 5.75 Å². The van der Waals surface area contributed by atoms with Crippen molar-refractivity contribution in [1.82, 2.24) is 0 Å². The van der Waals surface area contributed by atoms with Crippen LogP contribution < -0.4 is 0 Å². The van der Waals surface area contributed by atoms with Gasteiger partial charge in [0, 0.05) is 11.1 Å². The number of methoxy groups -OCH3 is 2. The van der Waals surface area contributed by atoms with Gasteiger partial charge in [0.15, 0.2) is 0 Å². The summed E-state index contributed by atoms with van der Waals surface area (Å²) >= 11 is 0. The van der Waals surface area contributed by atoms with Crippen molar-refractivity contribution in [3.63, 3.8) is 0 Å². The maximum absolute atomic E-state index is 9.83. The van der Waals surface area contributed by atoms with Gasteiger partial charge in [0.2, 0.25) is 0 Å². The SMILES string of the molecule is COC=Cc1cccc(C=COC)c1O. The van der Waals surface area contributed by atoms with Crippen LogP contribution >= 0.6 is 0 Å². The Bertz CT molecular complexity index is 335. The van der Waals surface area contributed by atoms with Crippen LogP contribution in [0.15, 0.2) is 30.7 Å². The summed E-state index contributed by atoms with van der Waals surface area (Å²) in [6, 6.07) is 5.45. The number of rotatable bonds is 4. The zero-order chi connectivity index (χ0) is 11.1. The molecule has 0 spiro atoms. The zero-order valence-corrected chi connectivity index (χ0v) is 8.81. The van der Waals surface area contributed by atoms with Gasteiger partial charge in [-0.3, -0.25) is 0 Å². The molecule has 0 heterocycles. The average molecular weight is 206 g/mol. The summed E-state index contributed by atoms with van der Waals surface area (Å²) in [4.78, 5) is 0. The van der Waals surface area contributed by atoms with Crippen LogP contribution in [0.3, 0.4) is 0 Å². The molecule has 0 saturated carbocycles. The number of phenolic OH excluding ortho intramolecular Hbond substituents is 1. The predicted octanol–water partition coefficient (Wildman–Crippen LogP) is 2.63. The van der Waals surface area contributed by atoms with Gasteiger partial charge in [0.1, 0.15) is 5.75 Å². The van der Waals surface area contributed by atoms with Gasteiger partial charge in [-0.15, -0.1) is 0 Å². The maximum atomic E-state index is 9.83.